The first-order valence-electron chi connectivity index (χ1n) is 8.31. The number of hydrogen-bond acceptors (Lipinski definition) is 3. The maximum absolute atomic E-state index is 12.1. The Morgan fingerprint density at radius 3 is 1.68 bits per heavy atom. The molecule has 0 unspecified atom stereocenters. The number of amides is 2. The summed E-state index contributed by atoms with van der Waals surface area (Å²) in [5, 5.41) is 5.57. The topological polar surface area (TPSA) is 67.4 Å². The number of carbonyl (C=O) groups excluding carboxylic acids is 2. The molecule has 25 heavy (non-hydrogen) atoms. The van der Waals surface area contributed by atoms with E-state index in [0.29, 0.717) is 35.9 Å². The summed E-state index contributed by atoms with van der Waals surface area (Å²) in [6.45, 7) is 4.95. The van der Waals surface area contributed by atoms with Crippen molar-refractivity contribution < 1.29 is 14.3 Å². The monoisotopic (exact) mass is 340 g/mol. The molecule has 2 rings (SSSR count). The summed E-state index contributed by atoms with van der Waals surface area (Å²) in [6.07, 6.45) is 0. The Morgan fingerprint density at radius 2 is 1.28 bits per heavy atom. The highest BCUT2D eigenvalue weighted by Gasteiger charge is 2.07. The largest absolute Gasteiger partial charge is 0.497 e. The van der Waals surface area contributed by atoms with Gasteiger partial charge in [-0.3, -0.25) is 9.59 Å². The van der Waals surface area contributed by atoms with E-state index in [9.17, 15) is 9.59 Å². The lowest BCUT2D eigenvalue weighted by Gasteiger charge is -2.09. The fraction of sp³-hybridized carbons (Fsp3) is 0.300. The van der Waals surface area contributed by atoms with Gasteiger partial charge in [0.25, 0.3) is 11.8 Å². The molecule has 0 spiro atoms. The van der Waals surface area contributed by atoms with Gasteiger partial charge in [0.1, 0.15) is 5.75 Å². The van der Waals surface area contributed by atoms with Gasteiger partial charge in [-0.15, -0.1) is 0 Å². The summed E-state index contributed by atoms with van der Waals surface area (Å²) in [5.41, 5.74) is 2.37. The van der Waals surface area contributed by atoms with Crippen molar-refractivity contribution in [1.29, 1.82) is 0 Å². The van der Waals surface area contributed by atoms with E-state index in [2.05, 4.69) is 24.5 Å². The Kier molecular flexibility index (Phi) is 6.57. The van der Waals surface area contributed by atoms with E-state index >= 15 is 0 Å². The van der Waals surface area contributed by atoms with E-state index < -0.39 is 0 Å². The van der Waals surface area contributed by atoms with Crippen LogP contribution in [0.15, 0.2) is 48.5 Å². The molecule has 5 heteroatoms. The van der Waals surface area contributed by atoms with Gasteiger partial charge >= 0.3 is 0 Å². The number of rotatable bonds is 7. The summed E-state index contributed by atoms with van der Waals surface area (Å²) >= 11 is 0. The molecule has 0 aromatic heterocycles. The Hall–Kier alpha value is -2.82. The fourth-order valence-corrected chi connectivity index (χ4v) is 2.32. The van der Waals surface area contributed by atoms with Gasteiger partial charge in [-0.05, 0) is 47.9 Å². The Bertz CT molecular complexity index is 707. The van der Waals surface area contributed by atoms with Crippen LogP contribution in [0.2, 0.25) is 0 Å². The minimum Gasteiger partial charge on any atom is -0.497 e. The summed E-state index contributed by atoms with van der Waals surface area (Å²) in [7, 11) is 1.58. The van der Waals surface area contributed by atoms with Crippen molar-refractivity contribution >= 4 is 11.8 Å². The maximum atomic E-state index is 12.1. The third-order valence-electron chi connectivity index (χ3n) is 3.89. The Morgan fingerprint density at radius 1 is 0.840 bits per heavy atom. The van der Waals surface area contributed by atoms with Crippen LogP contribution < -0.4 is 15.4 Å². The SMILES string of the molecule is COc1ccc(C(=O)NCCNC(=O)c2ccc(C(C)C)cc2)cc1. The van der Waals surface area contributed by atoms with Gasteiger partial charge in [-0.1, -0.05) is 26.0 Å². The van der Waals surface area contributed by atoms with Crippen molar-refractivity contribution in [2.45, 2.75) is 19.8 Å². The molecule has 0 aliphatic carbocycles. The Balaban J connectivity index is 1.76. The zero-order chi connectivity index (χ0) is 18.2. The molecular formula is C20H24N2O3. The molecule has 0 radical (unpaired) electrons. The fourth-order valence-electron chi connectivity index (χ4n) is 2.32. The molecule has 0 heterocycles. The molecule has 132 valence electrons. The van der Waals surface area contributed by atoms with Gasteiger partial charge in [0.2, 0.25) is 0 Å². The van der Waals surface area contributed by atoms with Crippen molar-refractivity contribution in [2.24, 2.45) is 0 Å². The molecule has 0 atom stereocenters. The molecule has 5 nitrogen and oxygen atoms in total. The Labute approximate surface area is 148 Å². The lowest BCUT2D eigenvalue weighted by molar-refractivity contribution is 0.0927. The second-order valence-electron chi connectivity index (χ2n) is 6.02. The van der Waals surface area contributed by atoms with E-state index in [1.165, 1.54) is 5.56 Å². The normalized spacial score (nSPS) is 10.4. The third-order valence-corrected chi connectivity index (χ3v) is 3.89. The maximum Gasteiger partial charge on any atom is 0.251 e. The van der Waals surface area contributed by atoms with Crippen LogP contribution in [-0.4, -0.2) is 32.0 Å². The van der Waals surface area contributed by atoms with Crippen LogP contribution in [0.4, 0.5) is 0 Å². The minimum atomic E-state index is -0.182. The number of methoxy groups -OCH3 is 1. The predicted octanol–water partition coefficient (Wildman–Crippen LogP) is 2.98. The van der Waals surface area contributed by atoms with Crippen LogP contribution in [0.5, 0.6) is 5.75 Å². The molecule has 0 aliphatic rings. The quantitative estimate of drug-likeness (QED) is 0.762. The summed E-state index contributed by atoms with van der Waals surface area (Å²) in [6, 6.07) is 14.4. The van der Waals surface area contributed by atoms with Crippen LogP contribution in [-0.2, 0) is 0 Å². The second kappa shape index (κ2) is 8.87. The molecular weight excluding hydrogens is 316 g/mol. The lowest BCUT2D eigenvalue weighted by Crippen LogP contribution is -2.34. The van der Waals surface area contributed by atoms with Crippen molar-refractivity contribution in [3.63, 3.8) is 0 Å². The standard InChI is InChI=1S/C20H24N2O3/c1-14(2)15-4-6-16(7-5-15)19(23)21-12-13-22-20(24)17-8-10-18(25-3)11-9-17/h4-11,14H,12-13H2,1-3H3,(H,21,23)(H,22,24). The summed E-state index contributed by atoms with van der Waals surface area (Å²) in [5.74, 6) is 0.810. The highest BCUT2D eigenvalue weighted by atomic mass is 16.5. The zero-order valence-corrected chi connectivity index (χ0v) is 14.8. The number of carbonyl (C=O) groups is 2. The van der Waals surface area contributed by atoms with Gasteiger partial charge in [0, 0.05) is 24.2 Å². The smallest absolute Gasteiger partial charge is 0.251 e. The van der Waals surface area contributed by atoms with E-state index in [0.717, 1.165) is 0 Å². The van der Waals surface area contributed by atoms with E-state index in [-0.39, 0.29) is 11.8 Å². The minimum absolute atomic E-state index is 0.144. The molecule has 0 saturated heterocycles. The van der Waals surface area contributed by atoms with Crippen LogP contribution in [0.25, 0.3) is 0 Å². The molecule has 2 amide bonds. The van der Waals surface area contributed by atoms with Gasteiger partial charge in [-0.25, -0.2) is 0 Å². The van der Waals surface area contributed by atoms with Crippen LogP contribution >= 0.6 is 0 Å². The molecule has 2 aromatic rings. The van der Waals surface area contributed by atoms with Gasteiger partial charge in [0.15, 0.2) is 0 Å². The molecule has 0 bridgehead atoms. The molecule has 0 fully saturated rings. The molecule has 2 N–H and O–H groups in total. The first-order valence-corrected chi connectivity index (χ1v) is 8.31. The number of benzene rings is 2. The first kappa shape index (κ1) is 18.5. The highest BCUT2D eigenvalue weighted by Crippen LogP contribution is 2.14. The average Bonchev–Trinajstić information content (AvgIpc) is 2.65. The van der Waals surface area contributed by atoms with Gasteiger partial charge in [-0.2, -0.15) is 0 Å². The van der Waals surface area contributed by atoms with Crippen molar-refractivity contribution in [3.05, 3.63) is 65.2 Å². The third kappa shape index (κ3) is 5.35. The van der Waals surface area contributed by atoms with Crippen LogP contribution in [0.3, 0.4) is 0 Å². The van der Waals surface area contributed by atoms with E-state index in [1.54, 1.807) is 31.4 Å². The number of hydrogen-bond donors (Lipinski definition) is 2. The molecule has 0 saturated carbocycles. The summed E-state index contributed by atoms with van der Waals surface area (Å²) < 4.78 is 5.06. The van der Waals surface area contributed by atoms with Crippen molar-refractivity contribution in [3.8, 4) is 5.75 Å². The first-order chi connectivity index (χ1) is 12.0. The average molecular weight is 340 g/mol. The van der Waals surface area contributed by atoms with E-state index in [4.69, 9.17) is 4.74 Å². The molecule has 2 aromatic carbocycles. The van der Waals surface area contributed by atoms with Gasteiger partial charge < -0.3 is 15.4 Å². The van der Waals surface area contributed by atoms with Crippen LogP contribution in [0.1, 0.15) is 46.0 Å². The predicted molar refractivity (Wildman–Crippen MR) is 98.2 cm³/mol. The van der Waals surface area contributed by atoms with E-state index in [1.807, 2.05) is 24.3 Å². The number of nitrogens with one attached hydrogen (secondary N) is 2. The molecule has 0 aliphatic heterocycles. The van der Waals surface area contributed by atoms with Crippen molar-refractivity contribution in [2.75, 3.05) is 20.2 Å². The van der Waals surface area contributed by atoms with Gasteiger partial charge in [0.05, 0.1) is 7.11 Å². The van der Waals surface area contributed by atoms with Crippen molar-refractivity contribution in [1.82, 2.24) is 10.6 Å². The summed E-state index contributed by atoms with van der Waals surface area (Å²) in [4.78, 5) is 24.1. The number of ether oxygens (including phenoxy) is 1. The lowest BCUT2D eigenvalue weighted by atomic mass is 10.0. The van der Waals surface area contributed by atoms with Crippen LogP contribution in [0, 0.1) is 0 Å². The highest BCUT2D eigenvalue weighted by molar-refractivity contribution is 5.95. The zero-order valence-electron chi connectivity index (χ0n) is 14.8. The second-order valence-corrected chi connectivity index (χ2v) is 6.02.